The molecule has 1 aromatic rings. The van der Waals surface area contributed by atoms with E-state index in [9.17, 15) is 4.79 Å². The summed E-state index contributed by atoms with van der Waals surface area (Å²) in [6.07, 6.45) is 0. The predicted octanol–water partition coefficient (Wildman–Crippen LogP) is 0.0525. The standard InChI is InChI=1S/C12H24N8O/c1-6-13-9-16-10(18-11(17-9)19(2)3)14-7-8-15-12(21)20(4)5/h6-8H2,1-5H3,(H,15,21)(H2,13,14,16,17,18). The Kier molecular flexibility index (Phi) is 6.44. The van der Waals surface area contributed by atoms with Gasteiger partial charge >= 0.3 is 6.03 Å². The van der Waals surface area contributed by atoms with Gasteiger partial charge in [-0.15, -0.1) is 0 Å². The van der Waals surface area contributed by atoms with E-state index in [2.05, 4.69) is 30.9 Å². The highest BCUT2D eigenvalue weighted by atomic mass is 16.2. The van der Waals surface area contributed by atoms with Crippen LogP contribution in [0, 0.1) is 0 Å². The van der Waals surface area contributed by atoms with Crippen LogP contribution in [0.5, 0.6) is 0 Å². The molecule has 0 aliphatic carbocycles. The number of anilines is 3. The van der Waals surface area contributed by atoms with Crippen LogP contribution in [-0.4, -0.2) is 73.7 Å². The van der Waals surface area contributed by atoms with Crippen molar-refractivity contribution < 1.29 is 4.79 Å². The van der Waals surface area contributed by atoms with Gasteiger partial charge in [-0.1, -0.05) is 0 Å². The van der Waals surface area contributed by atoms with Crippen LogP contribution in [0.15, 0.2) is 0 Å². The Morgan fingerprint density at radius 2 is 1.62 bits per heavy atom. The molecule has 0 atom stereocenters. The van der Waals surface area contributed by atoms with Crippen LogP contribution >= 0.6 is 0 Å². The molecular formula is C12H24N8O. The summed E-state index contributed by atoms with van der Waals surface area (Å²) in [6, 6.07) is -0.130. The maximum absolute atomic E-state index is 11.4. The minimum absolute atomic E-state index is 0.130. The van der Waals surface area contributed by atoms with Crippen molar-refractivity contribution in [3.63, 3.8) is 0 Å². The van der Waals surface area contributed by atoms with E-state index < -0.39 is 0 Å². The zero-order valence-corrected chi connectivity index (χ0v) is 13.3. The first-order valence-electron chi connectivity index (χ1n) is 6.80. The van der Waals surface area contributed by atoms with E-state index in [1.165, 1.54) is 4.90 Å². The van der Waals surface area contributed by atoms with Crippen LogP contribution in [0.2, 0.25) is 0 Å². The zero-order valence-electron chi connectivity index (χ0n) is 13.3. The van der Waals surface area contributed by atoms with Crippen molar-refractivity contribution in [2.45, 2.75) is 6.92 Å². The van der Waals surface area contributed by atoms with E-state index in [1.807, 2.05) is 25.9 Å². The first-order valence-corrected chi connectivity index (χ1v) is 6.80. The lowest BCUT2D eigenvalue weighted by Crippen LogP contribution is -2.37. The van der Waals surface area contributed by atoms with Crippen molar-refractivity contribution >= 4 is 23.9 Å². The average Bonchev–Trinajstić information content (AvgIpc) is 2.43. The maximum Gasteiger partial charge on any atom is 0.316 e. The van der Waals surface area contributed by atoms with Gasteiger partial charge in [0.1, 0.15) is 0 Å². The number of urea groups is 1. The normalized spacial score (nSPS) is 9.95. The quantitative estimate of drug-likeness (QED) is 0.612. The topological polar surface area (TPSA) is 98.3 Å². The molecule has 9 heteroatoms. The lowest BCUT2D eigenvalue weighted by atomic mass is 10.6. The third kappa shape index (κ3) is 5.67. The second-order valence-electron chi connectivity index (χ2n) is 4.76. The third-order valence-corrected chi connectivity index (χ3v) is 2.45. The molecule has 0 spiro atoms. The molecule has 0 unspecified atom stereocenters. The number of nitrogens with zero attached hydrogens (tertiary/aromatic N) is 5. The second-order valence-corrected chi connectivity index (χ2v) is 4.76. The summed E-state index contributed by atoms with van der Waals surface area (Å²) in [5.74, 6) is 1.57. The molecule has 2 amide bonds. The summed E-state index contributed by atoms with van der Waals surface area (Å²) in [4.78, 5) is 27.5. The highest BCUT2D eigenvalue weighted by molar-refractivity contribution is 5.73. The number of amides is 2. The van der Waals surface area contributed by atoms with Gasteiger partial charge in [-0.2, -0.15) is 15.0 Å². The van der Waals surface area contributed by atoms with Crippen molar-refractivity contribution in [2.75, 3.05) is 63.4 Å². The van der Waals surface area contributed by atoms with Gasteiger partial charge in [-0.3, -0.25) is 0 Å². The van der Waals surface area contributed by atoms with Crippen molar-refractivity contribution in [2.24, 2.45) is 0 Å². The maximum atomic E-state index is 11.4. The molecular weight excluding hydrogens is 272 g/mol. The van der Waals surface area contributed by atoms with Crippen LogP contribution in [0.1, 0.15) is 6.92 Å². The molecule has 1 aromatic heterocycles. The van der Waals surface area contributed by atoms with Crippen molar-refractivity contribution in [1.29, 1.82) is 0 Å². The summed E-state index contributed by atoms with van der Waals surface area (Å²) < 4.78 is 0. The van der Waals surface area contributed by atoms with Crippen molar-refractivity contribution in [3.8, 4) is 0 Å². The minimum Gasteiger partial charge on any atom is -0.354 e. The van der Waals surface area contributed by atoms with Gasteiger partial charge in [-0.25, -0.2) is 4.79 Å². The summed E-state index contributed by atoms with van der Waals surface area (Å²) in [7, 11) is 7.12. The van der Waals surface area contributed by atoms with Crippen LogP contribution in [0.25, 0.3) is 0 Å². The lowest BCUT2D eigenvalue weighted by molar-refractivity contribution is 0.218. The smallest absolute Gasteiger partial charge is 0.316 e. The van der Waals surface area contributed by atoms with E-state index in [1.54, 1.807) is 14.1 Å². The lowest BCUT2D eigenvalue weighted by Gasteiger charge is -2.14. The summed E-state index contributed by atoms with van der Waals surface area (Å²) in [6.45, 7) is 3.72. The van der Waals surface area contributed by atoms with Gasteiger partial charge in [0.25, 0.3) is 0 Å². The average molecular weight is 296 g/mol. The van der Waals surface area contributed by atoms with E-state index >= 15 is 0 Å². The second kappa shape index (κ2) is 8.08. The molecule has 0 saturated carbocycles. The van der Waals surface area contributed by atoms with Gasteiger partial charge in [0.2, 0.25) is 17.8 Å². The van der Waals surface area contributed by atoms with Crippen LogP contribution < -0.4 is 20.9 Å². The van der Waals surface area contributed by atoms with Gasteiger partial charge < -0.3 is 25.8 Å². The van der Waals surface area contributed by atoms with Crippen molar-refractivity contribution in [1.82, 2.24) is 25.2 Å². The molecule has 1 rings (SSSR count). The number of hydrogen-bond donors (Lipinski definition) is 3. The summed E-state index contributed by atoms with van der Waals surface area (Å²) >= 11 is 0. The zero-order chi connectivity index (χ0) is 15.8. The fraction of sp³-hybridized carbons (Fsp3) is 0.667. The first kappa shape index (κ1) is 16.7. The molecule has 0 aliphatic heterocycles. The predicted molar refractivity (Wildman–Crippen MR) is 83.9 cm³/mol. The molecule has 21 heavy (non-hydrogen) atoms. The number of rotatable bonds is 7. The Labute approximate surface area is 125 Å². The van der Waals surface area contributed by atoms with E-state index in [0.29, 0.717) is 30.9 Å². The molecule has 9 nitrogen and oxygen atoms in total. The highest BCUT2D eigenvalue weighted by Gasteiger charge is 2.07. The van der Waals surface area contributed by atoms with Gasteiger partial charge in [0.15, 0.2) is 0 Å². The molecule has 0 saturated heterocycles. The molecule has 0 aromatic carbocycles. The Morgan fingerprint density at radius 1 is 1.00 bits per heavy atom. The van der Waals surface area contributed by atoms with Crippen LogP contribution in [-0.2, 0) is 0 Å². The number of carbonyl (C=O) groups is 1. The SMILES string of the molecule is CCNc1nc(NCCNC(=O)N(C)C)nc(N(C)C)n1. The third-order valence-electron chi connectivity index (χ3n) is 2.45. The number of nitrogens with one attached hydrogen (secondary N) is 3. The largest absolute Gasteiger partial charge is 0.354 e. The number of carbonyl (C=O) groups excluding carboxylic acids is 1. The van der Waals surface area contributed by atoms with Gasteiger partial charge in [0, 0.05) is 47.8 Å². The molecule has 3 N–H and O–H groups in total. The molecule has 0 aliphatic rings. The Morgan fingerprint density at radius 3 is 2.14 bits per heavy atom. The first-order chi connectivity index (χ1) is 9.93. The van der Waals surface area contributed by atoms with Crippen LogP contribution in [0.3, 0.4) is 0 Å². The molecule has 1 heterocycles. The van der Waals surface area contributed by atoms with E-state index in [-0.39, 0.29) is 6.03 Å². The van der Waals surface area contributed by atoms with Crippen molar-refractivity contribution in [3.05, 3.63) is 0 Å². The Balaban J connectivity index is 2.59. The summed E-state index contributed by atoms with van der Waals surface area (Å²) in [5, 5.41) is 8.89. The molecule has 118 valence electrons. The number of aromatic nitrogens is 3. The monoisotopic (exact) mass is 296 g/mol. The van der Waals surface area contributed by atoms with Crippen LogP contribution in [0.4, 0.5) is 22.6 Å². The van der Waals surface area contributed by atoms with E-state index in [4.69, 9.17) is 0 Å². The molecule has 0 radical (unpaired) electrons. The Hall–Kier alpha value is -2.32. The minimum atomic E-state index is -0.130. The summed E-state index contributed by atoms with van der Waals surface area (Å²) in [5.41, 5.74) is 0. The van der Waals surface area contributed by atoms with E-state index in [0.717, 1.165) is 6.54 Å². The molecule has 0 fully saturated rings. The van der Waals surface area contributed by atoms with Gasteiger partial charge in [0.05, 0.1) is 0 Å². The number of hydrogen-bond acceptors (Lipinski definition) is 7. The Bertz CT molecular complexity index is 463. The fourth-order valence-corrected chi connectivity index (χ4v) is 1.38. The fourth-order valence-electron chi connectivity index (χ4n) is 1.38. The van der Waals surface area contributed by atoms with Gasteiger partial charge in [-0.05, 0) is 6.92 Å². The highest BCUT2D eigenvalue weighted by Crippen LogP contribution is 2.10. The molecule has 0 bridgehead atoms.